The van der Waals surface area contributed by atoms with Gasteiger partial charge in [0.15, 0.2) is 0 Å². The summed E-state index contributed by atoms with van der Waals surface area (Å²) in [6.45, 7) is 2.00. The van der Waals surface area contributed by atoms with Gasteiger partial charge in [0.05, 0.1) is 12.6 Å². The van der Waals surface area contributed by atoms with Gasteiger partial charge >= 0.3 is 5.97 Å². The zero-order chi connectivity index (χ0) is 12.9. The van der Waals surface area contributed by atoms with E-state index in [4.69, 9.17) is 15.9 Å². The van der Waals surface area contributed by atoms with Crippen LogP contribution in [0.25, 0.3) is 0 Å². The molecule has 0 heterocycles. The van der Waals surface area contributed by atoms with Crippen molar-refractivity contribution in [3.63, 3.8) is 0 Å². The molecule has 0 aliphatic heterocycles. The van der Waals surface area contributed by atoms with Gasteiger partial charge < -0.3 is 26.4 Å². The number of hydrogen-bond donors (Lipinski definition) is 6. The number of nitrogens with one attached hydrogen (secondary N) is 2. The molecule has 3 unspecified atom stereocenters. The van der Waals surface area contributed by atoms with Crippen molar-refractivity contribution in [3.8, 4) is 0 Å². The highest BCUT2D eigenvalue weighted by Gasteiger charge is 2.45. The van der Waals surface area contributed by atoms with Gasteiger partial charge in [-0.05, 0) is 13.8 Å². The minimum absolute atomic E-state index is 0.427. The first-order valence-corrected chi connectivity index (χ1v) is 4.64. The fourth-order valence-corrected chi connectivity index (χ4v) is 1.16. The van der Waals surface area contributed by atoms with Crippen LogP contribution in [0.2, 0.25) is 0 Å². The summed E-state index contributed by atoms with van der Waals surface area (Å²) in [5, 5.41) is 31.7. The zero-order valence-electron chi connectivity index (χ0n) is 9.10. The average Bonchev–Trinajstić information content (AvgIpc) is 2.14. The summed E-state index contributed by atoms with van der Waals surface area (Å²) < 4.78 is 0. The zero-order valence-corrected chi connectivity index (χ0v) is 9.10. The summed E-state index contributed by atoms with van der Waals surface area (Å²) in [4.78, 5) is 22.1. The Labute approximate surface area is 92.4 Å². The van der Waals surface area contributed by atoms with Crippen molar-refractivity contribution in [1.29, 1.82) is 0 Å². The summed E-state index contributed by atoms with van der Waals surface area (Å²) in [5.74, 6) is -2.29. The Hall–Kier alpha value is -1.22. The molecule has 0 aromatic carbocycles. The van der Waals surface area contributed by atoms with Crippen LogP contribution in [-0.4, -0.2) is 51.7 Å². The van der Waals surface area contributed by atoms with Gasteiger partial charge in [0, 0.05) is 0 Å². The Bertz CT molecular complexity index is 268. The number of carboxylic acids is 1. The normalized spacial score (nSPS) is 18.3. The number of aliphatic hydroxyl groups excluding tert-OH is 2. The van der Waals surface area contributed by atoms with E-state index in [1.165, 1.54) is 13.8 Å². The molecule has 0 saturated carbocycles. The minimum atomic E-state index is -2.16. The maximum Gasteiger partial charge on any atom is 0.347 e. The van der Waals surface area contributed by atoms with Gasteiger partial charge in [0.25, 0.3) is 0 Å². The van der Waals surface area contributed by atoms with E-state index in [0.29, 0.717) is 0 Å². The van der Waals surface area contributed by atoms with Crippen LogP contribution in [0.1, 0.15) is 13.8 Å². The summed E-state index contributed by atoms with van der Waals surface area (Å²) >= 11 is 0. The molecule has 0 bridgehead atoms. The molecule has 0 aromatic rings. The molecular formula is C8H17N3O5. The number of amides is 1. The molecule has 3 atom stereocenters. The van der Waals surface area contributed by atoms with Gasteiger partial charge in [-0.25, -0.2) is 4.79 Å². The fraction of sp³-hybridized carbons (Fsp3) is 0.750. The third kappa shape index (κ3) is 3.42. The van der Waals surface area contributed by atoms with Crippen LogP contribution in [0.4, 0.5) is 0 Å². The lowest BCUT2D eigenvalue weighted by molar-refractivity contribution is -0.157. The van der Waals surface area contributed by atoms with Crippen molar-refractivity contribution >= 4 is 11.9 Å². The molecule has 0 fully saturated rings. The van der Waals surface area contributed by atoms with Crippen LogP contribution in [0, 0.1) is 0 Å². The number of aliphatic carboxylic acids is 1. The highest BCUT2D eigenvalue weighted by molar-refractivity contribution is 5.88. The van der Waals surface area contributed by atoms with Crippen LogP contribution in [0.15, 0.2) is 0 Å². The van der Waals surface area contributed by atoms with E-state index in [2.05, 4.69) is 5.32 Å². The molecule has 0 saturated heterocycles. The Morgan fingerprint density at radius 1 is 1.38 bits per heavy atom. The van der Waals surface area contributed by atoms with Crippen LogP contribution >= 0.6 is 0 Å². The second kappa shape index (κ2) is 5.75. The van der Waals surface area contributed by atoms with Crippen molar-refractivity contribution in [2.45, 2.75) is 31.8 Å². The molecule has 0 aliphatic carbocycles. The first-order chi connectivity index (χ1) is 7.26. The van der Waals surface area contributed by atoms with Crippen molar-refractivity contribution in [1.82, 2.24) is 10.6 Å². The number of carbonyl (C=O) groups excluding carboxylic acids is 1. The molecule has 0 rings (SSSR count). The second-order valence-electron chi connectivity index (χ2n) is 3.36. The highest BCUT2D eigenvalue weighted by Crippen LogP contribution is 2.08. The predicted octanol–water partition coefficient (Wildman–Crippen LogP) is -2.85. The topological polar surface area (TPSA) is 145 Å². The van der Waals surface area contributed by atoms with E-state index < -0.39 is 36.4 Å². The Morgan fingerprint density at radius 3 is 2.12 bits per heavy atom. The van der Waals surface area contributed by atoms with E-state index in [9.17, 15) is 14.7 Å². The van der Waals surface area contributed by atoms with Crippen LogP contribution < -0.4 is 16.4 Å². The standard InChI is InChI=1S/C8H17N3O5/c1-4(12)8(7(15)16,10-5(2)13)11-6(14)3-9/h4-5,10,12-13H,3,9H2,1-2H3,(H,11,14)(H,15,16). The van der Waals surface area contributed by atoms with E-state index >= 15 is 0 Å². The smallest absolute Gasteiger partial charge is 0.347 e. The molecule has 8 nitrogen and oxygen atoms in total. The van der Waals surface area contributed by atoms with Gasteiger partial charge in [0.1, 0.15) is 6.23 Å². The largest absolute Gasteiger partial charge is 0.478 e. The van der Waals surface area contributed by atoms with Crippen LogP contribution in [-0.2, 0) is 9.59 Å². The van der Waals surface area contributed by atoms with Crippen molar-refractivity contribution < 1.29 is 24.9 Å². The summed E-state index contributed by atoms with van der Waals surface area (Å²) in [6.07, 6.45) is -2.70. The lowest BCUT2D eigenvalue weighted by Crippen LogP contribution is -2.72. The van der Waals surface area contributed by atoms with Crippen molar-refractivity contribution in [3.05, 3.63) is 0 Å². The number of carboxylic acid groups (broad SMARTS) is 1. The molecule has 94 valence electrons. The third-order valence-corrected chi connectivity index (χ3v) is 1.92. The molecule has 8 heteroatoms. The molecule has 0 spiro atoms. The summed E-state index contributed by atoms with van der Waals surface area (Å²) in [7, 11) is 0. The number of carbonyl (C=O) groups is 2. The van der Waals surface area contributed by atoms with E-state index in [0.717, 1.165) is 0 Å². The SMILES string of the molecule is CC(O)NC(NC(=O)CN)(C(=O)O)C(C)O. The third-order valence-electron chi connectivity index (χ3n) is 1.92. The van der Waals surface area contributed by atoms with Crippen LogP contribution in [0.5, 0.6) is 0 Å². The average molecular weight is 235 g/mol. The molecule has 7 N–H and O–H groups in total. The molecule has 1 amide bonds. The van der Waals surface area contributed by atoms with Gasteiger partial charge in [-0.1, -0.05) is 0 Å². The number of aliphatic hydroxyl groups is 2. The summed E-state index contributed by atoms with van der Waals surface area (Å²) in [6, 6.07) is 0. The second-order valence-corrected chi connectivity index (χ2v) is 3.36. The molecule has 0 aromatic heterocycles. The first-order valence-electron chi connectivity index (χ1n) is 4.64. The van der Waals surface area contributed by atoms with E-state index in [1.807, 2.05) is 5.32 Å². The fourth-order valence-electron chi connectivity index (χ4n) is 1.16. The van der Waals surface area contributed by atoms with Crippen molar-refractivity contribution in [2.75, 3.05) is 6.54 Å². The Morgan fingerprint density at radius 2 is 1.88 bits per heavy atom. The minimum Gasteiger partial charge on any atom is -0.478 e. The molecule has 0 aliphatic rings. The van der Waals surface area contributed by atoms with Gasteiger partial charge in [-0.15, -0.1) is 0 Å². The van der Waals surface area contributed by atoms with E-state index in [1.54, 1.807) is 0 Å². The van der Waals surface area contributed by atoms with Gasteiger partial charge in [0.2, 0.25) is 11.6 Å². The maximum absolute atomic E-state index is 11.1. The number of hydrogen-bond acceptors (Lipinski definition) is 6. The lowest BCUT2D eigenvalue weighted by atomic mass is 10.0. The lowest BCUT2D eigenvalue weighted by Gasteiger charge is -2.35. The molecular weight excluding hydrogens is 218 g/mol. The first kappa shape index (κ1) is 14.8. The Balaban J connectivity index is 5.09. The van der Waals surface area contributed by atoms with Crippen molar-refractivity contribution in [2.24, 2.45) is 5.73 Å². The predicted molar refractivity (Wildman–Crippen MR) is 54.1 cm³/mol. The monoisotopic (exact) mass is 235 g/mol. The van der Waals surface area contributed by atoms with Gasteiger partial charge in [-0.3, -0.25) is 10.1 Å². The van der Waals surface area contributed by atoms with Crippen LogP contribution in [0.3, 0.4) is 0 Å². The molecule has 16 heavy (non-hydrogen) atoms. The highest BCUT2D eigenvalue weighted by atomic mass is 16.4. The maximum atomic E-state index is 11.1. The number of nitrogens with two attached hydrogens (primary N) is 1. The number of rotatable bonds is 6. The quantitative estimate of drug-likeness (QED) is 0.272. The summed E-state index contributed by atoms with van der Waals surface area (Å²) in [5.41, 5.74) is 2.87. The van der Waals surface area contributed by atoms with E-state index in [-0.39, 0.29) is 0 Å². The Kier molecular flexibility index (Phi) is 5.31. The molecule has 0 radical (unpaired) electrons. The van der Waals surface area contributed by atoms with Gasteiger partial charge in [-0.2, -0.15) is 0 Å².